The normalized spacial score (nSPS) is 52.8. The molecule has 3 aliphatic carbocycles. The molecular formula is C11H16O2. The maximum atomic E-state index is 9.64. The molecule has 1 heterocycles. The molecule has 2 nitrogen and oxygen atoms in total. The molecule has 1 aliphatic heterocycles. The third kappa shape index (κ3) is 0.861. The lowest BCUT2D eigenvalue weighted by Crippen LogP contribution is -2.39. The van der Waals surface area contributed by atoms with Gasteiger partial charge in [-0.1, -0.05) is 0 Å². The summed E-state index contributed by atoms with van der Waals surface area (Å²) < 4.78 is 6.12. The highest BCUT2D eigenvalue weighted by Gasteiger charge is 2.71. The Balaban J connectivity index is 1.68. The lowest BCUT2D eigenvalue weighted by molar-refractivity contribution is -0.127. The van der Waals surface area contributed by atoms with E-state index in [1.54, 1.807) is 0 Å². The van der Waals surface area contributed by atoms with Crippen LogP contribution in [0.4, 0.5) is 0 Å². The van der Waals surface area contributed by atoms with Crippen molar-refractivity contribution in [3.63, 3.8) is 0 Å². The smallest absolute Gasteiger partial charge is 0.0979 e. The molecule has 0 bridgehead atoms. The molecule has 0 amide bonds. The Morgan fingerprint density at radius 2 is 1.77 bits per heavy atom. The van der Waals surface area contributed by atoms with E-state index in [0.29, 0.717) is 5.41 Å². The van der Waals surface area contributed by atoms with E-state index in [9.17, 15) is 5.11 Å². The highest BCUT2D eigenvalue weighted by molar-refractivity contribution is 5.21. The van der Waals surface area contributed by atoms with Crippen LogP contribution in [0.3, 0.4) is 0 Å². The molecule has 1 N–H and O–H groups in total. The predicted octanol–water partition coefficient (Wildman–Crippen LogP) is 1.61. The maximum absolute atomic E-state index is 9.64. The Morgan fingerprint density at radius 3 is 2.23 bits per heavy atom. The van der Waals surface area contributed by atoms with E-state index < -0.39 is 0 Å². The summed E-state index contributed by atoms with van der Waals surface area (Å²) in [5, 5.41) is 9.64. The lowest BCUT2D eigenvalue weighted by Gasteiger charge is -2.37. The SMILES string of the molecule is O[C@H]1C[C@@]12CC1(CC1)CC1(CC1)O2. The highest BCUT2D eigenvalue weighted by Crippen LogP contribution is 2.70. The van der Waals surface area contributed by atoms with Crippen LogP contribution in [0.25, 0.3) is 0 Å². The Kier molecular flexibility index (Phi) is 0.947. The van der Waals surface area contributed by atoms with Crippen molar-refractivity contribution >= 4 is 0 Å². The molecule has 13 heavy (non-hydrogen) atoms. The number of hydrogen-bond donors (Lipinski definition) is 1. The third-order valence-corrected chi connectivity index (χ3v) is 4.54. The van der Waals surface area contributed by atoms with Crippen molar-refractivity contribution in [1.82, 2.24) is 0 Å². The highest BCUT2D eigenvalue weighted by atomic mass is 16.6. The summed E-state index contributed by atoms with van der Waals surface area (Å²) in [6, 6.07) is 0. The van der Waals surface area contributed by atoms with E-state index in [2.05, 4.69) is 0 Å². The topological polar surface area (TPSA) is 29.5 Å². The molecule has 1 saturated heterocycles. The Hall–Kier alpha value is -0.0800. The summed E-state index contributed by atoms with van der Waals surface area (Å²) >= 11 is 0. The van der Waals surface area contributed by atoms with Crippen LogP contribution in [0.1, 0.15) is 44.9 Å². The number of hydrogen-bond acceptors (Lipinski definition) is 2. The first-order valence-corrected chi connectivity index (χ1v) is 5.55. The summed E-state index contributed by atoms with van der Waals surface area (Å²) in [6.07, 6.45) is 8.53. The van der Waals surface area contributed by atoms with E-state index in [1.807, 2.05) is 0 Å². The summed E-state index contributed by atoms with van der Waals surface area (Å²) in [6.45, 7) is 0. The second-order valence-electron chi connectivity index (χ2n) is 5.92. The molecule has 4 rings (SSSR count). The Bertz CT molecular complexity index is 256. The molecule has 3 spiro atoms. The van der Waals surface area contributed by atoms with E-state index in [1.165, 1.54) is 32.1 Å². The van der Waals surface area contributed by atoms with Crippen molar-refractivity contribution in [2.24, 2.45) is 5.41 Å². The van der Waals surface area contributed by atoms with E-state index in [-0.39, 0.29) is 17.3 Å². The van der Waals surface area contributed by atoms with Crippen molar-refractivity contribution in [2.75, 3.05) is 0 Å². The van der Waals surface area contributed by atoms with Crippen LogP contribution in [0.2, 0.25) is 0 Å². The summed E-state index contributed by atoms with van der Waals surface area (Å²) in [5.41, 5.74) is 0.795. The minimum Gasteiger partial charge on any atom is -0.390 e. The Morgan fingerprint density at radius 1 is 1.08 bits per heavy atom. The minimum absolute atomic E-state index is 0.0642. The number of aliphatic hydroxyl groups excluding tert-OH is 1. The fraction of sp³-hybridized carbons (Fsp3) is 1.00. The van der Waals surface area contributed by atoms with Gasteiger partial charge in [-0.05, 0) is 43.9 Å². The van der Waals surface area contributed by atoms with Crippen LogP contribution in [0.15, 0.2) is 0 Å². The fourth-order valence-electron chi connectivity index (χ4n) is 3.40. The molecule has 3 saturated carbocycles. The molecule has 72 valence electrons. The monoisotopic (exact) mass is 180 g/mol. The average Bonchev–Trinajstić information content (AvgIpc) is 2.96. The molecule has 4 fully saturated rings. The van der Waals surface area contributed by atoms with Gasteiger partial charge in [0.1, 0.15) is 0 Å². The second-order valence-corrected chi connectivity index (χ2v) is 5.92. The Labute approximate surface area is 78.3 Å². The van der Waals surface area contributed by atoms with E-state index in [4.69, 9.17) is 4.74 Å². The van der Waals surface area contributed by atoms with Crippen molar-refractivity contribution in [3.8, 4) is 0 Å². The van der Waals surface area contributed by atoms with Gasteiger partial charge in [-0.2, -0.15) is 0 Å². The van der Waals surface area contributed by atoms with Crippen LogP contribution in [-0.4, -0.2) is 22.4 Å². The van der Waals surface area contributed by atoms with Crippen molar-refractivity contribution in [1.29, 1.82) is 0 Å². The van der Waals surface area contributed by atoms with Gasteiger partial charge in [0, 0.05) is 6.42 Å². The second kappa shape index (κ2) is 1.70. The van der Waals surface area contributed by atoms with Gasteiger partial charge in [0.2, 0.25) is 0 Å². The van der Waals surface area contributed by atoms with Gasteiger partial charge in [-0.3, -0.25) is 0 Å². The van der Waals surface area contributed by atoms with Gasteiger partial charge in [0.15, 0.2) is 0 Å². The predicted molar refractivity (Wildman–Crippen MR) is 47.3 cm³/mol. The summed E-state index contributed by atoms with van der Waals surface area (Å²) in [7, 11) is 0. The zero-order chi connectivity index (χ0) is 8.73. The first-order chi connectivity index (χ1) is 6.16. The molecule has 2 heteroatoms. The van der Waals surface area contributed by atoms with Gasteiger partial charge < -0.3 is 9.84 Å². The third-order valence-electron chi connectivity index (χ3n) is 4.54. The first kappa shape index (κ1) is 7.24. The number of rotatable bonds is 0. The zero-order valence-corrected chi connectivity index (χ0v) is 7.88. The fourth-order valence-corrected chi connectivity index (χ4v) is 3.40. The first-order valence-electron chi connectivity index (χ1n) is 5.55. The minimum atomic E-state index is -0.136. The molecule has 0 unspecified atom stereocenters. The van der Waals surface area contributed by atoms with Gasteiger partial charge in [0.25, 0.3) is 0 Å². The van der Waals surface area contributed by atoms with Crippen LogP contribution in [0, 0.1) is 5.41 Å². The molecule has 2 atom stereocenters. The van der Waals surface area contributed by atoms with E-state index in [0.717, 1.165) is 12.8 Å². The largest absolute Gasteiger partial charge is 0.390 e. The van der Waals surface area contributed by atoms with E-state index >= 15 is 0 Å². The van der Waals surface area contributed by atoms with Gasteiger partial charge in [-0.15, -0.1) is 0 Å². The van der Waals surface area contributed by atoms with Crippen LogP contribution >= 0.6 is 0 Å². The maximum Gasteiger partial charge on any atom is 0.0979 e. The van der Waals surface area contributed by atoms with Crippen LogP contribution < -0.4 is 0 Å². The molecule has 0 aromatic carbocycles. The van der Waals surface area contributed by atoms with Crippen molar-refractivity contribution in [2.45, 2.75) is 62.3 Å². The van der Waals surface area contributed by atoms with Crippen molar-refractivity contribution in [3.05, 3.63) is 0 Å². The summed E-state index contributed by atoms with van der Waals surface area (Å²) in [5.74, 6) is 0. The van der Waals surface area contributed by atoms with Crippen LogP contribution in [0.5, 0.6) is 0 Å². The molecule has 0 radical (unpaired) electrons. The van der Waals surface area contributed by atoms with Gasteiger partial charge in [0.05, 0.1) is 17.3 Å². The van der Waals surface area contributed by atoms with Crippen LogP contribution in [-0.2, 0) is 4.74 Å². The average molecular weight is 180 g/mol. The van der Waals surface area contributed by atoms with Crippen molar-refractivity contribution < 1.29 is 9.84 Å². The molecule has 0 aromatic heterocycles. The number of aliphatic hydroxyl groups is 1. The lowest BCUT2D eigenvalue weighted by atomic mass is 9.86. The molecular weight excluding hydrogens is 164 g/mol. The van der Waals surface area contributed by atoms with Gasteiger partial charge >= 0.3 is 0 Å². The molecule has 4 aliphatic rings. The standard InChI is InChI=1S/C11H16O2/c12-8-5-11(8)7-9(1-2-9)6-10(13-11)3-4-10/h8,12H,1-7H2/t8-,11+/m0/s1. The number of ether oxygens (including phenoxy) is 1. The quantitative estimate of drug-likeness (QED) is 0.613. The molecule has 0 aromatic rings. The van der Waals surface area contributed by atoms with Gasteiger partial charge in [-0.25, -0.2) is 0 Å². The summed E-state index contributed by atoms with van der Waals surface area (Å²) in [4.78, 5) is 0. The zero-order valence-electron chi connectivity index (χ0n) is 7.88.